The second-order valence-corrected chi connectivity index (χ2v) is 5.88. The average Bonchev–Trinajstić information content (AvgIpc) is 2.64. The number of aliphatic hydroxyl groups excluding tert-OH is 1. The van der Waals surface area contributed by atoms with Gasteiger partial charge in [0, 0.05) is 24.8 Å². The highest BCUT2D eigenvalue weighted by Gasteiger charge is 2.20. The Bertz CT molecular complexity index is 724. The number of nitrogens with zero attached hydrogens (tertiary/aromatic N) is 3. The first-order valence-corrected chi connectivity index (χ1v) is 8.35. The van der Waals surface area contributed by atoms with E-state index in [4.69, 9.17) is 4.74 Å². The predicted molar refractivity (Wildman–Crippen MR) is 92.3 cm³/mol. The SMILES string of the molecule is CCc1cc(=O)n(CC(O)c2ccccc2)c(N2CCOCC2)n1. The van der Waals surface area contributed by atoms with Crippen LogP contribution in [0.4, 0.5) is 5.95 Å². The number of morpholine rings is 1. The maximum absolute atomic E-state index is 12.6. The Morgan fingerprint density at radius 2 is 1.96 bits per heavy atom. The fourth-order valence-corrected chi connectivity index (χ4v) is 2.85. The summed E-state index contributed by atoms with van der Waals surface area (Å²) in [6.45, 7) is 4.80. The quantitative estimate of drug-likeness (QED) is 0.897. The number of aliphatic hydroxyl groups is 1. The van der Waals surface area contributed by atoms with Crippen LogP contribution in [0.3, 0.4) is 0 Å². The highest BCUT2D eigenvalue weighted by atomic mass is 16.5. The van der Waals surface area contributed by atoms with E-state index in [1.165, 1.54) is 0 Å². The minimum Gasteiger partial charge on any atom is -0.387 e. The summed E-state index contributed by atoms with van der Waals surface area (Å²) >= 11 is 0. The molecule has 1 fully saturated rings. The molecule has 24 heavy (non-hydrogen) atoms. The second kappa shape index (κ2) is 7.59. The van der Waals surface area contributed by atoms with Gasteiger partial charge in [0.05, 0.1) is 25.9 Å². The van der Waals surface area contributed by atoms with Crippen LogP contribution in [-0.2, 0) is 17.7 Å². The molecule has 128 valence electrons. The van der Waals surface area contributed by atoms with Gasteiger partial charge < -0.3 is 14.7 Å². The number of hydrogen-bond donors (Lipinski definition) is 1. The van der Waals surface area contributed by atoms with Gasteiger partial charge in [0.2, 0.25) is 5.95 Å². The van der Waals surface area contributed by atoms with Crippen LogP contribution in [-0.4, -0.2) is 41.0 Å². The molecule has 1 aromatic heterocycles. The molecule has 1 N–H and O–H groups in total. The molecule has 6 nitrogen and oxygen atoms in total. The summed E-state index contributed by atoms with van der Waals surface area (Å²) in [6.07, 6.45) is -0.0488. The normalized spacial score (nSPS) is 16.2. The van der Waals surface area contributed by atoms with Crippen molar-refractivity contribution in [3.63, 3.8) is 0 Å². The minimum atomic E-state index is -0.752. The zero-order valence-electron chi connectivity index (χ0n) is 13.9. The predicted octanol–water partition coefficient (Wildman–Crippen LogP) is 1.38. The van der Waals surface area contributed by atoms with Crippen molar-refractivity contribution in [1.82, 2.24) is 9.55 Å². The van der Waals surface area contributed by atoms with Gasteiger partial charge in [-0.1, -0.05) is 37.3 Å². The Kier molecular flexibility index (Phi) is 5.27. The van der Waals surface area contributed by atoms with Crippen molar-refractivity contribution in [3.05, 3.63) is 58.0 Å². The largest absolute Gasteiger partial charge is 0.387 e. The number of ether oxygens (including phenoxy) is 1. The van der Waals surface area contributed by atoms with E-state index in [1.54, 1.807) is 10.6 Å². The van der Waals surface area contributed by atoms with E-state index in [-0.39, 0.29) is 12.1 Å². The maximum atomic E-state index is 12.6. The van der Waals surface area contributed by atoms with Crippen molar-refractivity contribution in [1.29, 1.82) is 0 Å². The first-order valence-electron chi connectivity index (χ1n) is 8.35. The number of benzene rings is 1. The molecule has 0 aliphatic carbocycles. The highest BCUT2D eigenvalue weighted by molar-refractivity contribution is 5.33. The first kappa shape index (κ1) is 16.7. The van der Waals surface area contributed by atoms with E-state index >= 15 is 0 Å². The van der Waals surface area contributed by atoms with Gasteiger partial charge in [-0.2, -0.15) is 0 Å². The van der Waals surface area contributed by atoms with Crippen molar-refractivity contribution in [3.8, 4) is 0 Å². The fourth-order valence-electron chi connectivity index (χ4n) is 2.85. The molecule has 6 heteroatoms. The van der Waals surface area contributed by atoms with Crippen molar-refractivity contribution >= 4 is 5.95 Å². The van der Waals surface area contributed by atoms with Gasteiger partial charge in [-0.25, -0.2) is 4.98 Å². The molecule has 0 amide bonds. The van der Waals surface area contributed by atoms with Crippen molar-refractivity contribution in [2.45, 2.75) is 26.0 Å². The van der Waals surface area contributed by atoms with Crippen molar-refractivity contribution < 1.29 is 9.84 Å². The summed E-state index contributed by atoms with van der Waals surface area (Å²) in [4.78, 5) is 19.3. The zero-order chi connectivity index (χ0) is 16.9. The van der Waals surface area contributed by atoms with Crippen molar-refractivity contribution in [2.24, 2.45) is 0 Å². The Hall–Kier alpha value is -2.18. The van der Waals surface area contributed by atoms with Crippen LogP contribution in [0.5, 0.6) is 0 Å². The smallest absolute Gasteiger partial charge is 0.255 e. The molecule has 2 aromatic rings. The first-order chi connectivity index (χ1) is 11.7. The topological polar surface area (TPSA) is 67.6 Å². The lowest BCUT2D eigenvalue weighted by molar-refractivity contribution is 0.120. The van der Waals surface area contributed by atoms with E-state index in [9.17, 15) is 9.90 Å². The zero-order valence-corrected chi connectivity index (χ0v) is 13.9. The number of anilines is 1. The minimum absolute atomic E-state index is 0.127. The molecule has 0 saturated carbocycles. The van der Waals surface area contributed by atoms with Crippen LogP contribution < -0.4 is 10.5 Å². The summed E-state index contributed by atoms with van der Waals surface area (Å²) < 4.78 is 6.96. The van der Waals surface area contributed by atoms with Crippen LogP contribution in [0.2, 0.25) is 0 Å². The van der Waals surface area contributed by atoms with E-state index in [1.807, 2.05) is 37.3 Å². The van der Waals surface area contributed by atoms with E-state index in [2.05, 4.69) is 9.88 Å². The Balaban J connectivity index is 1.94. The fraction of sp³-hybridized carbons (Fsp3) is 0.444. The molecule has 3 rings (SSSR count). The average molecular weight is 329 g/mol. The third-order valence-corrected chi connectivity index (χ3v) is 4.24. The summed E-state index contributed by atoms with van der Waals surface area (Å²) in [5, 5.41) is 10.5. The number of aromatic nitrogens is 2. The molecule has 0 spiro atoms. The third kappa shape index (κ3) is 3.66. The van der Waals surface area contributed by atoms with Crippen LogP contribution >= 0.6 is 0 Å². The molecule has 0 radical (unpaired) electrons. The molecule has 2 heterocycles. The monoisotopic (exact) mass is 329 g/mol. The summed E-state index contributed by atoms with van der Waals surface area (Å²) in [6, 6.07) is 10.9. The standard InChI is InChI=1S/C18H23N3O3/c1-2-15-12-17(23)21(13-16(22)14-6-4-3-5-7-14)18(19-15)20-8-10-24-11-9-20/h3-7,12,16,22H,2,8-11,13H2,1H3. The van der Waals surface area contributed by atoms with Gasteiger partial charge in [0.25, 0.3) is 5.56 Å². The third-order valence-electron chi connectivity index (χ3n) is 4.24. The molecule has 1 saturated heterocycles. The molecule has 0 bridgehead atoms. The molecule has 1 aromatic carbocycles. The Morgan fingerprint density at radius 3 is 2.62 bits per heavy atom. The van der Waals surface area contributed by atoms with Gasteiger partial charge in [-0.15, -0.1) is 0 Å². The van der Waals surface area contributed by atoms with Crippen LogP contribution in [0.1, 0.15) is 24.3 Å². The summed E-state index contributed by atoms with van der Waals surface area (Å²) in [5.74, 6) is 0.623. The summed E-state index contributed by atoms with van der Waals surface area (Å²) in [5.41, 5.74) is 1.43. The Morgan fingerprint density at radius 1 is 1.25 bits per heavy atom. The number of hydrogen-bond acceptors (Lipinski definition) is 5. The molecular weight excluding hydrogens is 306 g/mol. The lowest BCUT2D eigenvalue weighted by Crippen LogP contribution is -2.41. The summed E-state index contributed by atoms with van der Waals surface area (Å²) in [7, 11) is 0. The number of aryl methyl sites for hydroxylation is 1. The second-order valence-electron chi connectivity index (χ2n) is 5.88. The molecule has 1 unspecified atom stereocenters. The highest BCUT2D eigenvalue weighted by Crippen LogP contribution is 2.18. The van der Waals surface area contributed by atoms with Gasteiger partial charge >= 0.3 is 0 Å². The molecule has 1 aliphatic heterocycles. The van der Waals surface area contributed by atoms with Crippen LogP contribution in [0, 0.1) is 0 Å². The molecule has 1 aliphatic rings. The van der Waals surface area contributed by atoms with Gasteiger partial charge in [0.15, 0.2) is 0 Å². The molecule has 1 atom stereocenters. The van der Waals surface area contributed by atoms with Gasteiger partial charge in [-0.05, 0) is 12.0 Å². The van der Waals surface area contributed by atoms with Gasteiger partial charge in [-0.3, -0.25) is 9.36 Å². The lowest BCUT2D eigenvalue weighted by Gasteiger charge is -2.30. The lowest BCUT2D eigenvalue weighted by atomic mass is 10.1. The van der Waals surface area contributed by atoms with Crippen molar-refractivity contribution in [2.75, 3.05) is 31.2 Å². The van der Waals surface area contributed by atoms with Crippen LogP contribution in [0.25, 0.3) is 0 Å². The van der Waals surface area contributed by atoms with Crippen LogP contribution in [0.15, 0.2) is 41.2 Å². The molecular formula is C18H23N3O3. The maximum Gasteiger partial charge on any atom is 0.255 e. The van der Waals surface area contributed by atoms with E-state index in [0.717, 1.165) is 11.3 Å². The van der Waals surface area contributed by atoms with E-state index < -0.39 is 6.10 Å². The van der Waals surface area contributed by atoms with Gasteiger partial charge in [0.1, 0.15) is 0 Å². The van der Waals surface area contributed by atoms with E-state index in [0.29, 0.717) is 38.7 Å². The number of rotatable bonds is 5. The Labute approximate surface area is 141 Å².